The van der Waals surface area contributed by atoms with Gasteiger partial charge in [0.05, 0.1) is 33.4 Å². The summed E-state index contributed by atoms with van der Waals surface area (Å²) >= 11 is 0. The van der Waals surface area contributed by atoms with Crippen molar-refractivity contribution in [2.75, 3.05) is 26.9 Å². The van der Waals surface area contributed by atoms with Crippen LogP contribution in [0.15, 0.2) is 60.9 Å². The number of benzene rings is 2. The number of fused-ring (bicyclic) bond motifs is 1. The highest BCUT2D eigenvalue weighted by Crippen LogP contribution is 2.37. The average molecular weight is 462 g/mol. The Kier molecular flexibility index (Phi) is 8.02. The second kappa shape index (κ2) is 11.5. The molecule has 3 aromatic rings. The fraction of sp³-hybridized carbons (Fsp3) is 0.357. The van der Waals surface area contributed by atoms with Gasteiger partial charge in [-0.25, -0.2) is 0 Å². The van der Waals surface area contributed by atoms with E-state index in [1.807, 2.05) is 43.3 Å². The lowest BCUT2D eigenvalue weighted by Crippen LogP contribution is -2.08. The number of esters is 1. The fourth-order valence-corrected chi connectivity index (χ4v) is 4.35. The predicted molar refractivity (Wildman–Crippen MR) is 131 cm³/mol. The number of pyridine rings is 1. The summed E-state index contributed by atoms with van der Waals surface area (Å²) in [5.41, 5.74) is 4.50. The van der Waals surface area contributed by atoms with Gasteiger partial charge in [-0.05, 0) is 72.7 Å². The first-order valence-corrected chi connectivity index (χ1v) is 11.8. The van der Waals surface area contributed by atoms with Gasteiger partial charge in [-0.2, -0.15) is 0 Å². The molecular formula is C28H31NO5. The normalized spacial score (nSPS) is 14.4. The molecule has 34 heavy (non-hydrogen) atoms. The molecule has 0 aliphatic heterocycles. The van der Waals surface area contributed by atoms with Crippen LogP contribution in [0.2, 0.25) is 0 Å². The maximum absolute atomic E-state index is 11.8. The Balaban J connectivity index is 1.21. The van der Waals surface area contributed by atoms with Crippen molar-refractivity contribution < 1.29 is 23.7 Å². The third-order valence-corrected chi connectivity index (χ3v) is 6.03. The number of nitrogens with zero attached hydrogens (tertiary/aromatic N) is 1. The van der Waals surface area contributed by atoms with E-state index < -0.39 is 0 Å². The summed E-state index contributed by atoms with van der Waals surface area (Å²) in [4.78, 5) is 16.0. The minimum atomic E-state index is -0.118. The van der Waals surface area contributed by atoms with Crippen LogP contribution in [0.25, 0.3) is 11.1 Å². The van der Waals surface area contributed by atoms with E-state index >= 15 is 0 Å². The van der Waals surface area contributed by atoms with Crippen molar-refractivity contribution in [3.05, 3.63) is 72.1 Å². The highest BCUT2D eigenvalue weighted by atomic mass is 16.5. The molecule has 0 unspecified atom stereocenters. The summed E-state index contributed by atoms with van der Waals surface area (Å²) < 4.78 is 22.3. The molecule has 0 saturated heterocycles. The van der Waals surface area contributed by atoms with E-state index in [9.17, 15) is 4.79 Å². The Morgan fingerprint density at radius 1 is 1.03 bits per heavy atom. The molecule has 1 aliphatic carbocycles. The van der Waals surface area contributed by atoms with Gasteiger partial charge in [0.1, 0.15) is 17.2 Å². The minimum absolute atomic E-state index is 0.118. The summed E-state index contributed by atoms with van der Waals surface area (Å²) in [5, 5.41) is 0. The third kappa shape index (κ3) is 5.87. The Hall–Kier alpha value is -3.54. The topological polar surface area (TPSA) is 66.9 Å². The van der Waals surface area contributed by atoms with E-state index in [4.69, 9.17) is 18.9 Å². The maximum atomic E-state index is 11.8. The van der Waals surface area contributed by atoms with E-state index in [1.165, 1.54) is 11.1 Å². The Labute approximate surface area is 200 Å². The molecule has 6 nitrogen and oxygen atoms in total. The van der Waals surface area contributed by atoms with Crippen LogP contribution in [-0.2, 0) is 16.0 Å². The molecule has 0 saturated carbocycles. The molecule has 0 amide bonds. The van der Waals surface area contributed by atoms with Crippen LogP contribution in [0.5, 0.6) is 17.2 Å². The van der Waals surface area contributed by atoms with Crippen LogP contribution in [0, 0.1) is 0 Å². The minimum Gasteiger partial charge on any atom is -0.496 e. The van der Waals surface area contributed by atoms with Crippen LogP contribution in [-0.4, -0.2) is 37.9 Å². The van der Waals surface area contributed by atoms with Crippen molar-refractivity contribution in [2.24, 2.45) is 0 Å². The zero-order valence-corrected chi connectivity index (χ0v) is 19.8. The van der Waals surface area contributed by atoms with Gasteiger partial charge in [0.25, 0.3) is 0 Å². The van der Waals surface area contributed by atoms with Crippen LogP contribution in [0.4, 0.5) is 0 Å². The number of hydrogen-bond acceptors (Lipinski definition) is 6. The molecule has 1 atom stereocenters. The van der Waals surface area contributed by atoms with E-state index in [0.29, 0.717) is 26.2 Å². The molecule has 1 heterocycles. The second-order valence-corrected chi connectivity index (χ2v) is 8.26. The van der Waals surface area contributed by atoms with Gasteiger partial charge in [0, 0.05) is 24.4 Å². The quantitative estimate of drug-likeness (QED) is 0.274. The molecule has 0 spiro atoms. The van der Waals surface area contributed by atoms with Crippen LogP contribution >= 0.6 is 0 Å². The van der Waals surface area contributed by atoms with E-state index in [0.717, 1.165) is 47.6 Å². The molecule has 0 radical (unpaired) electrons. The van der Waals surface area contributed by atoms with E-state index in [-0.39, 0.29) is 11.9 Å². The summed E-state index contributed by atoms with van der Waals surface area (Å²) in [6.45, 7) is 3.42. The van der Waals surface area contributed by atoms with Crippen LogP contribution < -0.4 is 14.2 Å². The first kappa shape index (κ1) is 23.6. The lowest BCUT2D eigenvalue weighted by Gasteiger charge is -2.12. The standard InChI is InChI=1S/C28H31NO5/c1-3-32-28(30)18-22-6-5-21-17-24(11-12-25(21)22)34-16-4-15-33-23-9-7-20(8-10-23)26-19-29-14-13-27(26)31-2/h7-14,17,19,22H,3-6,15-16,18H2,1-2H3/t22-/m0/s1. The van der Waals surface area contributed by atoms with Crippen LogP contribution in [0.3, 0.4) is 0 Å². The Morgan fingerprint density at radius 2 is 1.79 bits per heavy atom. The monoisotopic (exact) mass is 461 g/mol. The zero-order valence-electron chi connectivity index (χ0n) is 19.8. The van der Waals surface area contributed by atoms with Crippen LogP contribution in [0.1, 0.15) is 43.2 Å². The van der Waals surface area contributed by atoms with Gasteiger partial charge >= 0.3 is 5.97 Å². The molecule has 0 bridgehead atoms. The first-order chi connectivity index (χ1) is 16.7. The number of aryl methyl sites for hydroxylation is 1. The fourth-order valence-electron chi connectivity index (χ4n) is 4.35. The van der Waals surface area contributed by atoms with Crippen molar-refractivity contribution in [3.8, 4) is 28.4 Å². The van der Waals surface area contributed by atoms with Gasteiger partial charge in [-0.1, -0.05) is 18.2 Å². The molecule has 0 N–H and O–H groups in total. The first-order valence-electron chi connectivity index (χ1n) is 11.8. The highest BCUT2D eigenvalue weighted by molar-refractivity contribution is 5.71. The van der Waals surface area contributed by atoms with Gasteiger partial charge in [-0.3, -0.25) is 9.78 Å². The summed E-state index contributed by atoms with van der Waals surface area (Å²) in [6, 6.07) is 16.0. The number of rotatable bonds is 11. The molecule has 2 aromatic carbocycles. The number of methoxy groups -OCH3 is 1. The highest BCUT2D eigenvalue weighted by Gasteiger charge is 2.25. The molecule has 1 aliphatic rings. The summed E-state index contributed by atoms with van der Waals surface area (Å²) in [5.74, 6) is 2.61. The number of aromatic nitrogens is 1. The SMILES string of the molecule is CCOC(=O)C[C@@H]1CCc2cc(OCCCOc3ccc(-c4cnccc4OC)cc3)ccc21. The van der Waals surface area contributed by atoms with E-state index in [1.54, 1.807) is 19.5 Å². The lowest BCUT2D eigenvalue weighted by atomic mass is 9.98. The number of hydrogen-bond donors (Lipinski definition) is 0. The number of carbonyl (C=O) groups excluding carboxylic acids is 1. The smallest absolute Gasteiger partial charge is 0.306 e. The second-order valence-electron chi connectivity index (χ2n) is 8.26. The van der Waals surface area contributed by atoms with Crippen molar-refractivity contribution in [2.45, 2.75) is 38.5 Å². The molecule has 1 aromatic heterocycles. The molecular weight excluding hydrogens is 430 g/mol. The van der Waals surface area contributed by atoms with Crippen molar-refractivity contribution in [1.29, 1.82) is 0 Å². The van der Waals surface area contributed by atoms with Gasteiger partial charge < -0.3 is 18.9 Å². The summed E-state index contributed by atoms with van der Waals surface area (Å²) in [7, 11) is 1.66. The lowest BCUT2D eigenvalue weighted by molar-refractivity contribution is -0.143. The van der Waals surface area contributed by atoms with Crippen molar-refractivity contribution in [3.63, 3.8) is 0 Å². The average Bonchev–Trinajstić information content (AvgIpc) is 3.26. The Morgan fingerprint density at radius 3 is 2.56 bits per heavy atom. The molecule has 0 fully saturated rings. The predicted octanol–water partition coefficient (Wildman–Crippen LogP) is 5.59. The van der Waals surface area contributed by atoms with Crippen molar-refractivity contribution >= 4 is 5.97 Å². The maximum Gasteiger partial charge on any atom is 0.306 e. The van der Waals surface area contributed by atoms with Crippen molar-refractivity contribution in [1.82, 2.24) is 4.98 Å². The third-order valence-electron chi connectivity index (χ3n) is 6.03. The van der Waals surface area contributed by atoms with Gasteiger partial charge in [0.2, 0.25) is 0 Å². The van der Waals surface area contributed by atoms with E-state index in [2.05, 4.69) is 17.1 Å². The number of carbonyl (C=O) groups is 1. The van der Waals surface area contributed by atoms with Gasteiger partial charge in [-0.15, -0.1) is 0 Å². The molecule has 6 heteroatoms. The Bertz CT molecular complexity index is 1100. The molecule has 4 rings (SSSR count). The van der Waals surface area contributed by atoms with Gasteiger partial charge in [0.15, 0.2) is 0 Å². The zero-order chi connectivity index (χ0) is 23.8. The number of ether oxygens (including phenoxy) is 4. The molecule has 178 valence electrons. The largest absolute Gasteiger partial charge is 0.496 e. The summed E-state index contributed by atoms with van der Waals surface area (Å²) in [6.07, 6.45) is 6.70.